The Labute approximate surface area is 95.4 Å². The van der Waals surface area contributed by atoms with Crippen molar-refractivity contribution in [3.63, 3.8) is 0 Å². The molecule has 0 aliphatic carbocycles. The van der Waals surface area contributed by atoms with Crippen molar-refractivity contribution in [1.82, 2.24) is 4.90 Å². The van der Waals surface area contributed by atoms with E-state index < -0.39 is 0 Å². The summed E-state index contributed by atoms with van der Waals surface area (Å²) in [5.74, 6) is 0.971. The van der Waals surface area contributed by atoms with E-state index in [0.29, 0.717) is 0 Å². The lowest BCUT2D eigenvalue weighted by atomic mass is 10.3. The summed E-state index contributed by atoms with van der Waals surface area (Å²) in [5.41, 5.74) is 0.273. The molecule has 0 aromatic rings. The van der Waals surface area contributed by atoms with Gasteiger partial charge < -0.3 is 4.90 Å². The Kier molecular flexibility index (Phi) is 5.07. The average molecular weight is 221 g/mol. The normalized spacial score (nSPS) is 14.5. The van der Waals surface area contributed by atoms with Gasteiger partial charge in [-0.1, -0.05) is 6.92 Å². The van der Waals surface area contributed by atoms with Crippen molar-refractivity contribution in [2.75, 3.05) is 18.8 Å². The quantitative estimate of drug-likeness (QED) is 0.684. The fourth-order valence-electron chi connectivity index (χ4n) is 1.56. The van der Waals surface area contributed by atoms with Crippen LogP contribution < -0.4 is 0 Å². The van der Waals surface area contributed by atoms with Gasteiger partial charge in [0, 0.05) is 13.1 Å². The van der Waals surface area contributed by atoms with Crippen molar-refractivity contribution >= 4 is 11.8 Å². The molecule has 0 atom stereocenters. The van der Waals surface area contributed by atoms with E-state index in [9.17, 15) is 0 Å². The standard InChI is InChI=1S/C11H15N3S/c1-2-7-15-11(10(8-12)9-13)14-5-3-4-6-14/h2-7H2,1H3. The molecule has 15 heavy (non-hydrogen) atoms. The lowest BCUT2D eigenvalue weighted by molar-refractivity contribution is 0.455. The van der Waals surface area contributed by atoms with E-state index in [2.05, 4.69) is 11.8 Å². The molecule has 1 heterocycles. The van der Waals surface area contributed by atoms with E-state index in [1.54, 1.807) is 11.8 Å². The highest BCUT2D eigenvalue weighted by Crippen LogP contribution is 2.27. The highest BCUT2D eigenvalue weighted by Gasteiger charge is 2.18. The lowest BCUT2D eigenvalue weighted by Crippen LogP contribution is -2.18. The van der Waals surface area contributed by atoms with Crippen LogP contribution in [0.4, 0.5) is 0 Å². The second-order valence-corrected chi connectivity index (χ2v) is 4.53. The third-order valence-corrected chi connectivity index (χ3v) is 3.62. The van der Waals surface area contributed by atoms with Gasteiger partial charge in [0.05, 0.1) is 5.03 Å². The number of nitrogens with zero attached hydrogens (tertiary/aromatic N) is 3. The maximum Gasteiger partial charge on any atom is 0.159 e. The topological polar surface area (TPSA) is 50.8 Å². The monoisotopic (exact) mass is 221 g/mol. The molecule has 0 saturated carbocycles. The van der Waals surface area contributed by atoms with E-state index in [4.69, 9.17) is 10.5 Å². The van der Waals surface area contributed by atoms with Crippen LogP contribution in [0.5, 0.6) is 0 Å². The Morgan fingerprint density at radius 3 is 2.33 bits per heavy atom. The second kappa shape index (κ2) is 6.37. The van der Waals surface area contributed by atoms with Crippen LogP contribution in [0.25, 0.3) is 0 Å². The first kappa shape index (κ1) is 11.9. The third-order valence-electron chi connectivity index (χ3n) is 2.27. The summed E-state index contributed by atoms with van der Waals surface area (Å²) in [5, 5.41) is 18.7. The molecule has 0 amide bonds. The van der Waals surface area contributed by atoms with Crippen LogP contribution in [-0.4, -0.2) is 23.7 Å². The van der Waals surface area contributed by atoms with Crippen molar-refractivity contribution in [3.8, 4) is 12.1 Å². The van der Waals surface area contributed by atoms with E-state index >= 15 is 0 Å². The summed E-state index contributed by atoms with van der Waals surface area (Å²) in [4.78, 5) is 2.17. The van der Waals surface area contributed by atoms with Crippen molar-refractivity contribution < 1.29 is 0 Å². The fraction of sp³-hybridized carbons (Fsp3) is 0.636. The molecule has 3 nitrogen and oxygen atoms in total. The van der Waals surface area contributed by atoms with Gasteiger partial charge in [0.2, 0.25) is 0 Å². The number of thioether (sulfide) groups is 1. The Hall–Kier alpha value is -1.13. The Morgan fingerprint density at radius 2 is 1.87 bits per heavy atom. The highest BCUT2D eigenvalue weighted by molar-refractivity contribution is 8.03. The molecule has 0 radical (unpaired) electrons. The zero-order valence-electron chi connectivity index (χ0n) is 8.99. The molecule has 80 valence electrons. The van der Waals surface area contributed by atoms with Crippen molar-refractivity contribution in [2.45, 2.75) is 26.2 Å². The SMILES string of the molecule is CCCSC(=C(C#N)C#N)N1CCCC1. The van der Waals surface area contributed by atoms with Gasteiger partial charge in [-0.25, -0.2) is 0 Å². The Balaban J connectivity index is 2.82. The molecule has 0 aromatic heterocycles. The molecule has 0 bridgehead atoms. The van der Waals surface area contributed by atoms with E-state index in [-0.39, 0.29) is 5.57 Å². The van der Waals surface area contributed by atoms with Gasteiger partial charge in [0.1, 0.15) is 12.1 Å². The summed E-state index contributed by atoms with van der Waals surface area (Å²) >= 11 is 1.64. The largest absolute Gasteiger partial charge is 0.365 e. The molecule has 1 rings (SSSR count). The van der Waals surface area contributed by atoms with Crippen LogP contribution in [0.3, 0.4) is 0 Å². The van der Waals surface area contributed by atoms with Gasteiger partial charge >= 0.3 is 0 Å². The molecular weight excluding hydrogens is 206 g/mol. The van der Waals surface area contributed by atoms with Crippen molar-refractivity contribution in [2.24, 2.45) is 0 Å². The minimum atomic E-state index is 0.273. The van der Waals surface area contributed by atoms with Gasteiger partial charge in [-0.15, -0.1) is 11.8 Å². The maximum absolute atomic E-state index is 8.89. The van der Waals surface area contributed by atoms with Crippen molar-refractivity contribution in [1.29, 1.82) is 10.5 Å². The van der Waals surface area contributed by atoms with Crippen LogP contribution in [0.1, 0.15) is 26.2 Å². The van der Waals surface area contributed by atoms with E-state index in [0.717, 1.165) is 30.3 Å². The summed E-state index contributed by atoms with van der Waals surface area (Å²) in [6.07, 6.45) is 3.40. The first-order valence-electron chi connectivity index (χ1n) is 5.25. The van der Waals surface area contributed by atoms with E-state index in [1.165, 1.54) is 12.8 Å². The molecular formula is C11H15N3S. The van der Waals surface area contributed by atoms with Crippen LogP contribution in [-0.2, 0) is 0 Å². The van der Waals surface area contributed by atoms with Gasteiger partial charge in [0.15, 0.2) is 5.57 Å². The summed E-state index contributed by atoms with van der Waals surface area (Å²) in [6.45, 7) is 4.07. The number of rotatable bonds is 4. The molecule has 4 heteroatoms. The third kappa shape index (κ3) is 3.18. The predicted octanol–water partition coefficient (Wildman–Crippen LogP) is 2.48. The average Bonchev–Trinajstić information content (AvgIpc) is 2.77. The van der Waals surface area contributed by atoms with Crippen LogP contribution in [0, 0.1) is 22.7 Å². The van der Waals surface area contributed by atoms with Crippen LogP contribution in [0.2, 0.25) is 0 Å². The van der Waals surface area contributed by atoms with Gasteiger partial charge in [-0.2, -0.15) is 10.5 Å². The number of nitriles is 2. The van der Waals surface area contributed by atoms with Crippen molar-refractivity contribution in [3.05, 3.63) is 10.6 Å². The molecule has 0 aromatic carbocycles. The maximum atomic E-state index is 8.89. The first-order chi connectivity index (χ1) is 7.33. The highest BCUT2D eigenvalue weighted by atomic mass is 32.2. The number of hydrogen-bond acceptors (Lipinski definition) is 4. The number of hydrogen-bond donors (Lipinski definition) is 0. The van der Waals surface area contributed by atoms with E-state index in [1.807, 2.05) is 12.1 Å². The Morgan fingerprint density at radius 1 is 1.27 bits per heavy atom. The molecule has 0 N–H and O–H groups in total. The first-order valence-corrected chi connectivity index (χ1v) is 6.24. The molecule has 1 aliphatic rings. The summed E-state index contributed by atoms with van der Waals surface area (Å²) in [6, 6.07) is 3.99. The van der Waals surface area contributed by atoms with Gasteiger partial charge in [0.25, 0.3) is 0 Å². The fourth-order valence-corrected chi connectivity index (χ4v) is 2.56. The molecule has 1 aliphatic heterocycles. The summed E-state index contributed by atoms with van der Waals surface area (Å²) < 4.78 is 0. The summed E-state index contributed by atoms with van der Waals surface area (Å²) in [7, 11) is 0. The second-order valence-electron chi connectivity index (χ2n) is 3.45. The zero-order valence-corrected chi connectivity index (χ0v) is 9.81. The van der Waals surface area contributed by atoms with Crippen LogP contribution >= 0.6 is 11.8 Å². The minimum Gasteiger partial charge on any atom is -0.365 e. The number of likely N-dealkylation sites (tertiary alicyclic amines) is 1. The Bertz CT molecular complexity index is 300. The smallest absolute Gasteiger partial charge is 0.159 e. The predicted molar refractivity (Wildman–Crippen MR) is 61.8 cm³/mol. The van der Waals surface area contributed by atoms with Gasteiger partial charge in [-0.05, 0) is 25.0 Å². The molecule has 1 fully saturated rings. The minimum absolute atomic E-state index is 0.273. The zero-order chi connectivity index (χ0) is 11.1. The molecule has 0 unspecified atom stereocenters. The van der Waals surface area contributed by atoms with Gasteiger partial charge in [-0.3, -0.25) is 0 Å². The molecule has 1 saturated heterocycles. The van der Waals surface area contributed by atoms with Crippen LogP contribution in [0.15, 0.2) is 10.6 Å². The lowest BCUT2D eigenvalue weighted by Gasteiger charge is -2.20. The number of allylic oxidation sites excluding steroid dienone is 1. The molecule has 0 spiro atoms.